The molecule has 0 saturated heterocycles. The van der Waals surface area contributed by atoms with E-state index >= 15 is 0 Å². The summed E-state index contributed by atoms with van der Waals surface area (Å²) in [6.45, 7) is 3.44. The van der Waals surface area contributed by atoms with Gasteiger partial charge in [0.05, 0.1) is 11.3 Å². The first-order valence-electron chi connectivity index (χ1n) is 7.21. The molecule has 118 valence electrons. The number of hydrogen-bond donors (Lipinski definition) is 3. The topological polar surface area (TPSA) is 91.4 Å². The molecule has 6 nitrogen and oxygen atoms in total. The number of aromatic nitrogens is 2. The zero-order chi connectivity index (χ0) is 16.4. The van der Waals surface area contributed by atoms with Crippen molar-refractivity contribution in [2.75, 3.05) is 5.32 Å². The molecule has 0 fully saturated rings. The maximum absolute atomic E-state index is 10.5. The molecule has 3 rings (SSSR count). The molecule has 1 atom stereocenters. The second-order valence-corrected chi connectivity index (χ2v) is 5.29. The van der Waals surface area contributed by atoms with Gasteiger partial charge in [0.1, 0.15) is 17.8 Å². The number of rotatable bonds is 4. The number of nitrogens with zero attached hydrogens (tertiary/aromatic N) is 2. The van der Waals surface area contributed by atoms with Crippen LogP contribution in [0.3, 0.4) is 0 Å². The van der Waals surface area contributed by atoms with Crippen molar-refractivity contribution in [2.24, 2.45) is 0 Å². The molecule has 2 aromatic heterocycles. The molecule has 3 N–H and O–H groups in total. The molecule has 0 aliphatic rings. The quantitative estimate of drug-likeness (QED) is 0.641. The molecule has 6 heteroatoms. The zero-order valence-corrected chi connectivity index (χ0v) is 12.8. The third-order valence-corrected chi connectivity index (χ3v) is 3.36. The first-order valence-corrected chi connectivity index (χ1v) is 7.21. The monoisotopic (exact) mass is 311 g/mol. The summed E-state index contributed by atoms with van der Waals surface area (Å²) in [7, 11) is 0. The standard InChI is InChI=1S/C17H17N3O3/c1-10-8-15(23-20-10)14-5-3-4-13(17(14)22)12-6-7-16(18-9-12)19-11(2)21/h3-9,11,21-22H,1-2H3,(H,18,19). The number of pyridine rings is 1. The van der Waals surface area contributed by atoms with Gasteiger partial charge in [-0.2, -0.15) is 0 Å². The number of phenols is 1. The average molecular weight is 311 g/mol. The zero-order valence-electron chi connectivity index (χ0n) is 12.8. The molecule has 0 saturated carbocycles. The molecular weight excluding hydrogens is 294 g/mol. The van der Waals surface area contributed by atoms with Gasteiger partial charge in [-0.3, -0.25) is 0 Å². The fourth-order valence-corrected chi connectivity index (χ4v) is 2.32. The van der Waals surface area contributed by atoms with Gasteiger partial charge in [-0.05, 0) is 32.0 Å². The molecule has 1 aromatic carbocycles. The van der Waals surface area contributed by atoms with E-state index < -0.39 is 6.23 Å². The van der Waals surface area contributed by atoms with Crippen LogP contribution in [0.4, 0.5) is 5.82 Å². The van der Waals surface area contributed by atoms with Crippen molar-refractivity contribution in [1.82, 2.24) is 10.1 Å². The summed E-state index contributed by atoms with van der Waals surface area (Å²) >= 11 is 0. The van der Waals surface area contributed by atoms with Crippen LogP contribution in [0.2, 0.25) is 0 Å². The Morgan fingerprint density at radius 1 is 1.17 bits per heavy atom. The molecule has 0 radical (unpaired) electrons. The Kier molecular flexibility index (Phi) is 3.99. The summed E-state index contributed by atoms with van der Waals surface area (Å²) < 4.78 is 5.22. The van der Waals surface area contributed by atoms with E-state index in [0.29, 0.717) is 22.7 Å². The number of para-hydroxylation sites is 1. The van der Waals surface area contributed by atoms with Crippen LogP contribution in [-0.2, 0) is 0 Å². The summed E-state index contributed by atoms with van der Waals surface area (Å²) in [4.78, 5) is 4.22. The van der Waals surface area contributed by atoms with E-state index in [0.717, 1.165) is 11.3 Å². The highest BCUT2D eigenvalue weighted by Crippen LogP contribution is 2.38. The Hall–Kier alpha value is -2.86. The van der Waals surface area contributed by atoms with E-state index in [1.165, 1.54) is 0 Å². The number of phenolic OH excluding ortho intramolecular Hbond substituents is 1. The van der Waals surface area contributed by atoms with Gasteiger partial charge in [0, 0.05) is 23.4 Å². The van der Waals surface area contributed by atoms with Crippen molar-refractivity contribution in [3.05, 3.63) is 48.3 Å². The lowest BCUT2D eigenvalue weighted by atomic mass is 10.0. The van der Waals surface area contributed by atoms with Crippen molar-refractivity contribution >= 4 is 5.82 Å². The predicted octanol–water partition coefficient (Wildman–Crippen LogP) is 3.17. The summed E-state index contributed by atoms with van der Waals surface area (Å²) in [6.07, 6.45) is 0.953. The molecule has 0 spiro atoms. The highest BCUT2D eigenvalue weighted by atomic mass is 16.5. The van der Waals surface area contributed by atoms with Gasteiger partial charge in [0.25, 0.3) is 0 Å². The number of aromatic hydroxyl groups is 1. The van der Waals surface area contributed by atoms with Crippen LogP contribution in [0.25, 0.3) is 22.5 Å². The first kappa shape index (κ1) is 15.1. The van der Waals surface area contributed by atoms with Gasteiger partial charge < -0.3 is 20.1 Å². The predicted molar refractivity (Wildman–Crippen MR) is 86.9 cm³/mol. The van der Waals surface area contributed by atoms with Gasteiger partial charge in [-0.15, -0.1) is 0 Å². The van der Waals surface area contributed by atoms with E-state index in [1.807, 2.05) is 19.1 Å². The van der Waals surface area contributed by atoms with Gasteiger partial charge in [-0.25, -0.2) is 4.98 Å². The normalized spacial score (nSPS) is 12.1. The van der Waals surface area contributed by atoms with Crippen LogP contribution < -0.4 is 5.32 Å². The largest absolute Gasteiger partial charge is 0.507 e. The summed E-state index contributed by atoms with van der Waals surface area (Å²) in [5.41, 5.74) is 2.73. The van der Waals surface area contributed by atoms with E-state index in [-0.39, 0.29) is 5.75 Å². The molecule has 1 unspecified atom stereocenters. The minimum Gasteiger partial charge on any atom is -0.507 e. The Labute approximate surface area is 133 Å². The van der Waals surface area contributed by atoms with E-state index in [9.17, 15) is 10.2 Å². The molecule has 23 heavy (non-hydrogen) atoms. The Morgan fingerprint density at radius 3 is 2.57 bits per heavy atom. The third-order valence-electron chi connectivity index (χ3n) is 3.36. The van der Waals surface area contributed by atoms with Crippen molar-refractivity contribution in [3.63, 3.8) is 0 Å². The number of benzene rings is 1. The minimum atomic E-state index is -0.681. The maximum atomic E-state index is 10.5. The SMILES string of the molecule is Cc1cc(-c2cccc(-c3ccc(NC(C)O)nc3)c2O)on1. The molecule has 2 heterocycles. The van der Waals surface area contributed by atoms with Crippen molar-refractivity contribution in [2.45, 2.75) is 20.1 Å². The number of hydrogen-bond acceptors (Lipinski definition) is 6. The van der Waals surface area contributed by atoms with E-state index in [2.05, 4.69) is 15.5 Å². The highest BCUT2D eigenvalue weighted by molar-refractivity contribution is 5.80. The fourth-order valence-electron chi connectivity index (χ4n) is 2.32. The lowest BCUT2D eigenvalue weighted by Gasteiger charge is -2.10. The van der Waals surface area contributed by atoms with Crippen LogP contribution in [0.15, 0.2) is 47.1 Å². The van der Waals surface area contributed by atoms with Crippen LogP contribution in [0, 0.1) is 6.92 Å². The van der Waals surface area contributed by atoms with Crippen LogP contribution in [-0.4, -0.2) is 26.6 Å². The fraction of sp³-hybridized carbons (Fsp3) is 0.176. The minimum absolute atomic E-state index is 0.113. The molecule has 3 aromatic rings. The van der Waals surface area contributed by atoms with E-state index in [4.69, 9.17) is 4.52 Å². The van der Waals surface area contributed by atoms with E-state index in [1.54, 1.807) is 37.4 Å². The molecule has 0 amide bonds. The Morgan fingerprint density at radius 2 is 1.96 bits per heavy atom. The van der Waals surface area contributed by atoms with Crippen LogP contribution >= 0.6 is 0 Å². The summed E-state index contributed by atoms with van der Waals surface area (Å²) in [5.74, 6) is 1.19. The third kappa shape index (κ3) is 3.17. The maximum Gasteiger partial charge on any atom is 0.170 e. The van der Waals surface area contributed by atoms with Gasteiger partial charge in [0.15, 0.2) is 5.76 Å². The van der Waals surface area contributed by atoms with Crippen molar-refractivity contribution < 1.29 is 14.7 Å². The van der Waals surface area contributed by atoms with Crippen LogP contribution in [0.1, 0.15) is 12.6 Å². The van der Waals surface area contributed by atoms with Gasteiger partial charge >= 0.3 is 0 Å². The number of aliphatic hydroxyl groups is 1. The second-order valence-electron chi connectivity index (χ2n) is 5.29. The smallest absolute Gasteiger partial charge is 0.170 e. The lowest BCUT2D eigenvalue weighted by molar-refractivity contribution is 0.224. The number of aliphatic hydroxyl groups excluding tert-OH is 1. The number of nitrogens with one attached hydrogen (secondary N) is 1. The molecule has 0 aliphatic heterocycles. The van der Waals surface area contributed by atoms with Gasteiger partial charge in [-0.1, -0.05) is 17.3 Å². The van der Waals surface area contributed by atoms with Gasteiger partial charge in [0.2, 0.25) is 0 Å². The molecule has 0 bridgehead atoms. The van der Waals surface area contributed by atoms with Crippen molar-refractivity contribution in [1.29, 1.82) is 0 Å². The summed E-state index contributed by atoms with van der Waals surface area (Å²) in [5, 5.41) is 26.5. The lowest BCUT2D eigenvalue weighted by Crippen LogP contribution is -2.14. The van der Waals surface area contributed by atoms with Crippen LogP contribution in [0.5, 0.6) is 5.75 Å². The first-order chi connectivity index (χ1) is 11.0. The number of aryl methyl sites for hydroxylation is 1. The molecule has 0 aliphatic carbocycles. The van der Waals surface area contributed by atoms with Crippen molar-refractivity contribution in [3.8, 4) is 28.2 Å². The highest BCUT2D eigenvalue weighted by Gasteiger charge is 2.14. The second kappa shape index (κ2) is 6.10. The number of anilines is 1. The Balaban J connectivity index is 1.97. The Bertz CT molecular complexity index is 810. The molecular formula is C17H17N3O3. The summed E-state index contributed by atoms with van der Waals surface area (Å²) in [6, 6.07) is 10.8. The average Bonchev–Trinajstić information content (AvgIpc) is 2.94.